The fraction of sp³-hybridized carbons (Fsp3) is 0.269. The number of allylic oxidation sites excluding steroid dienone is 1. The van der Waals surface area contributed by atoms with Gasteiger partial charge in [-0.1, -0.05) is 55.5 Å². The Labute approximate surface area is 197 Å². The third-order valence-electron chi connectivity index (χ3n) is 6.30. The van der Waals surface area contributed by atoms with Gasteiger partial charge in [0.05, 0.1) is 5.69 Å². The fourth-order valence-electron chi connectivity index (χ4n) is 4.70. The molecular weight excluding hydrogens is 428 g/mol. The highest BCUT2D eigenvalue weighted by molar-refractivity contribution is 5.90. The maximum absolute atomic E-state index is 11.4. The molecule has 4 aromatic rings. The number of fused-ring (bicyclic) bond motifs is 1. The van der Waals surface area contributed by atoms with Crippen molar-refractivity contribution in [3.05, 3.63) is 77.4 Å². The molecule has 0 aliphatic heterocycles. The van der Waals surface area contributed by atoms with Crippen molar-refractivity contribution in [2.75, 3.05) is 0 Å². The quantitative estimate of drug-likeness (QED) is 0.327. The lowest BCUT2D eigenvalue weighted by Crippen LogP contribution is -2.08. The van der Waals surface area contributed by atoms with Crippen LogP contribution in [0.25, 0.3) is 28.1 Å². The molecule has 0 fully saturated rings. The van der Waals surface area contributed by atoms with E-state index >= 15 is 0 Å². The number of aromatic nitrogens is 6. The van der Waals surface area contributed by atoms with Crippen LogP contribution >= 0.6 is 0 Å². The molecule has 2 aromatic carbocycles. The molecule has 34 heavy (non-hydrogen) atoms. The van der Waals surface area contributed by atoms with E-state index in [4.69, 9.17) is 4.98 Å². The number of aromatic amines is 1. The minimum Gasteiger partial charge on any atom is -0.478 e. The number of imidazole rings is 1. The number of nitrogens with zero attached hydrogens (tertiary/aromatic N) is 5. The minimum atomic E-state index is -0.910. The minimum absolute atomic E-state index is 0.568. The van der Waals surface area contributed by atoms with Gasteiger partial charge in [0.1, 0.15) is 5.82 Å². The van der Waals surface area contributed by atoms with E-state index in [1.54, 1.807) is 0 Å². The number of nitrogens with one attached hydrogen (secondary N) is 1. The molecule has 0 unspecified atom stereocenters. The van der Waals surface area contributed by atoms with Crippen LogP contribution in [0.3, 0.4) is 0 Å². The highest BCUT2D eigenvalue weighted by Gasteiger charge is 2.22. The Morgan fingerprint density at radius 3 is 2.56 bits per heavy atom. The average molecular weight is 455 g/mol. The van der Waals surface area contributed by atoms with Gasteiger partial charge in [0.15, 0.2) is 0 Å². The van der Waals surface area contributed by atoms with E-state index in [2.05, 4.69) is 62.4 Å². The lowest BCUT2D eigenvalue weighted by atomic mass is 9.98. The van der Waals surface area contributed by atoms with Crippen molar-refractivity contribution in [1.29, 1.82) is 0 Å². The second-order valence-electron chi connectivity index (χ2n) is 8.46. The molecule has 1 aliphatic carbocycles. The Morgan fingerprint density at radius 2 is 1.85 bits per heavy atom. The SMILES string of the molecule is CCc1nc2c(n1Cc1ccc(-c3ccccc3-c3nn[nH]n3)cc1)CCCC/C2=C\C(=O)O. The molecule has 8 heteroatoms. The van der Waals surface area contributed by atoms with Crippen LogP contribution in [-0.2, 0) is 24.2 Å². The third-order valence-corrected chi connectivity index (χ3v) is 6.30. The predicted octanol–water partition coefficient (Wildman–Crippen LogP) is 4.54. The lowest BCUT2D eigenvalue weighted by molar-refractivity contribution is -0.131. The summed E-state index contributed by atoms with van der Waals surface area (Å²) in [5, 5.41) is 23.8. The van der Waals surface area contributed by atoms with Crippen LogP contribution in [-0.4, -0.2) is 41.3 Å². The van der Waals surface area contributed by atoms with E-state index in [1.165, 1.54) is 11.6 Å². The van der Waals surface area contributed by atoms with E-state index in [1.807, 2.05) is 18.2 Å². The first kappa shape index (κ1) is 21.8. The molecule has 0 radical (unpaired) electrons. The second-order valence-corrected chi connectivity index (χ2v) is 8.46. The lowest BCUT2D eigenvalue weighted by Gasteiger charge is -2.13. The monoisotopic (exact) mass is 454 g/mol. The second kappa shape index (κ2) is 9.43. The van der Waals surface area contributed by atoms with Crippen molar-refractivity contribution in [2.45, 2.75) is 45.6 Å². The van der Waals surface area contributed by atoms with Gasteiger partial charge >= 0.3 is 5.97 Å². The zero-order valence-corrected chi connectivity index (χ0v) is 19.0. The maximum Gasteiger partial charge on any atom is 0.328 e. The third kappa shape index (κ3) is 4.26. The van der Waals surface area contributed by atoms with Gasteiger partial charge in [0.25, 0.3) is 0 Å². The fourth-order valence-corrected chi connectivity index (χ4v) is 4.70. The summed E-state index contributed by atoms with van der Waals surface area (Å²) in [5.74, 6) is 0.653. The van der Waals surface area contributed by atoms with Gasteiger partial charge in [-0.3, -0.25) is 0 Å². The Hall–Kier alpha value is -4.07. The summed E-state index contributed by atoms with van der Waals surface area (Å²) >= 11 is 0. The number of carbonyl (C=O) groups is 1. The van der Waals surface area contributed by atoms with Gasteiger partial charge in [-0.25, -0.2) is 9.78 Å². The summed E-state index contributed by atoms with van der Waals surface area (Å²) in [4.78, 5) is 16.2. The van der Waals surface area contributed by atoms with E-state index in [0.717, 1.165) is 71.6 Å². The number of carboxylic acids is 1. The summed E-state index contributed by atoms with van der Waals surface area (Å²) in [6, 6.07) is 16.5. The molecule has 0 saturated heterocycles. The molecule has 2 N–H and O–H groups in total. The van der Waals surface area contributed by atoms with Gasteiger partial charge in [0, 0.05) is 30.3 Å². The number of benzene rings is 2. The maximum atomic E-state index is 11.4. The number of aryl methyl sites for hydroxylation is 1. The molecule has 8 nitrogen and oxygen atoms in total. The standard InChI is InChI=1S/C26H26N6O2/c1-2-23-27-25-19(15-24(33)34)7-3-6-10-22(25)32(23)16-17-11-13-18(14-12-17)20-8-4-5-9-21(20)26-28-30-31-29-26/h4-5,8-9,11-15H,2-3,6-7,10,16H2,1H3,(H,33,34)(H,28,29,30,31)/b19-15+. The van der Waals surface area contributed by atoms with Gasteiger partial charge in [-0.15, -0.1) is 10.2 Å². The predicted molar refractivity (Wildman–Crippen MR) is 129 cm³/mol. The topological polar surface area (TPSA) is 110 Å². The van der Waals surface area contributed by atoms with E-state index in [0.29, 0.717) is 12.4 Å². The molecule has 2 heterocycles. The Kier molecular flexibility index (Phi) is 6.03. The van der Waals surface area contributed by atoms with Gasteiger partial charge in [-0.05, 0) is 53.2 Å². The first-order valence-electron chi connectivity index (χ1n) is 11.6. The summed E-state index contributed by atoms with van der Waals surface area (Å²) in [5.41, 5.74) is 7.07. The van der Waals surface area contributed by atoms with Gasteiger partial charge < -0.3 is 9.67 Å². The summed E-state index contributed by atoms with van der Waals surface area (Å²) in [6.45, 7) is 2.80. The molecule has 0 bridgehead atoms. The van der Waals surface area contributed by atoms with Crippen molar-refractivity contribution in [3.8, 4) is 22.5 Å². The van der Waals surface area contributed by atoms with E-state index in [-0.39, 0.29) is 0 Å². The number of tetrazole rings is 1. The van der Waals surface area contributed by atoms with Crippen LogP contribution in [0.15, 0.2) is 54.6 Å². The molecule has 172 valence electrons. The summed E-state index contributed by atoms with van der Waals surface area (Å²) < 4.78 is 2.28. The molecule has 5 rings (SSSR count). The number of aliphatic carboxylic acids is 1. The number of carboxylic acid groups (broad SMARTS) is 1. The Morgan fingerprint density at radius 1 is 1.09 bits per heavy atom. The van der Waals surface area contributed by atoms with Crippen molar-refractivity contribution in [2.24, 2.45) is 0 Å². The van der Waals surface area contributed by atoms with Crippen molar-refractivity contribution >= 4 is 11.5 Å². The largest absolute Gasteiger partial charge is 0.478 e. The molecule has 0 spiro atoms. The summed E-state index contributed by atoms with van der Waals surface area (Å²) in [6.07, 6.45) is 5.81. The highest BCUT2D eigenvalue weighted by Crippen LogP contribution is 2.32. The number of H-pyrrole nitrogens is 1. The van der Waals surface area contributed by atoms with Crippen LogP contribution in [0.1, 0.15) is 49.0 Å². The number of hydrogen-bond donors (Lipinski definition) is 2. The molecule has 2 aromatic heterocycles. The molecule has 0 amide bonds. The van der Waals surface area contributed by atoms with Crippen LogP contribution in [0.5, 0.6) is 0 Å². The van der Waals surface area contributed by atoms with E-state index in [9.17, 15) is 9.90 Å². The van der Waals surface area contributed by atoms with Crippen LogP contribution in [0, 0.1) is 0 Å². The molecule has 0 saturated carbocycles. The van der Waals surface area contributed by atoms with Crippen molar-refractivity contribution < 1.29 is 9.90 Å². The Balaban J connectivity index is 1.47. The number of hydrogen-bond acceptors (Lipinski definition) is 5. The molecule has 1 aliphatic rings. The zero-order chi connectivity index (χ0) is 23.5. The summed E-state index contributed by atoms with van der Waals surface area (Å²) in [7, 11) is 0. The first-order chi connectivity index (χ1) is 16.6. The number of rotatable bonds is 6. The molecular formula is C26H26N6O2. The van der Waals surface area contributed by atoms with Crippen LogP contribution in [0.2, 0.25) is 0 Å². The zero-order valence-electron chi connectivity index (χ0n) is 19.0. The normalized spacial score (nSPS) is 14.7. The first-order valence-corrected chi connectivity index (χ1v) is 11.6. The van der Waals surface area contributed by atoms with Gasteiger partial charge in [-0.2, -0.15) is 5.21 Å². The Bertz CT molecular complexity index is 1340. The van der Waals surface area contributed by atoms with Crippen molar-refractivity contribution in [1.82, 2.24) is 30.2 Å². The van der Waals surface area contributed by atoms with E-state index < -0.39 is 5.97 Å². The van der Waals surface area contributed by atoms with Crippen molar-refractivity contribution in [3.63, 3.8) is 0 Å². The smallest absolute Gasteiger partial charge is 0.328 e. The van der Waals surface area contributed by atoms with Crippen LogP contribution < -0.4 is 0 Å². The van der Waals surface area contributed by atoms with Gasteiger partial charge in [0.2, 0.25) is 5.82 Å². The molecule has 0 atom stereocenters. The average Bonchev–Trinajstić information content (AvgIpc) is 3.46. The highest BCUT2D eigenvalue weighted by atomic mass is 16.4. The van der Waals surface area contributed by atoms with Crippen LogP contribution in [0.4, 0.5) is 0 Å².